The Balaban J connectivity index is 1.59. The maximum absolute atomic E-state index is 9.99. The number of hydrogen-bond acceptors (Lipinski definition) is 2. The Morgan fingerprint density at radius 2 is 1.88 bits per heavy atom. The van der Waals surface area contributed by atoms with Gasteiger partial charge in [-0.15, -0.1) is 0 Å². The average molecular weight is 234 g/mol. The van der Waals surface area contributed by atoms with Gasteiger partial charge in [-0.3, -0.25) is 0 Å². The molecule has 1 N–H and O–H groups in total. The Bertz CT molecular complexity index is 304. The summed E-state index contributed by atoms with van der Waals surface area (Å²) in [6, 6.07) is 9.86. The summed E-state index contributed by atoms with van der Waals surface area (Å²) in [7, 11) is 0. The largest absolute Gasteiger partial charge is 0.494 e. The van der Waals surface area contributed by atoms with E-state index in [1.165, 1.54) is 25.7 Å². The molecule has 0 heterocycles. The van der Waals surface area contributed by atoms with E-state index in [1.54, 1.807) is 0 Å². The van der Waals surface area contributed by atoms with Gasteiger partial charge < -0.3 is 9.84 Å². The van der Waals surface area contributed by atoms with Crippen LogP contribution >= 0.6 is 0 Å². The Kier molecular flexibility index (Phi) is 4.87. The summed E-state index contributed by atoms with van der Waals surface area (Å²) in [4.78, 5) is 0. The molecule has 1 unspecified atom stereocenters. The molecule has 0 bridgehead atoms. The standard InChI is InChI=1S/C15H22O2/c16-15(13-7-4-5-8-13)11-6-12-17-14-9-2-1-3-10-14/h1-3,9-10,13,15-16H,4-8,11-12H2. The zero-order valence-corrected chi connectivity index (χ0v) is 10.3. The fourth-order valence-corrected chi connectivity index (χ4v) is 2.58. The van der Waals surface area contributed by atoms with E-state index in [0.29, 0.717) is 12.5 Å². The lowest BCUT2D eigenvalue weighted by molar-refractivity contribution is 0.0946. The molecule has 0 aliphatic heterocycles. The second-order valence-corrected chi connectivity index (χ2v) is 4.92. The van der Waals surface area contributed by atoms with Crippen molar-refractivity contribution in [2.75, 3.05) is 6.61 Å². The lowest BCUT2D eigenvalue weighted by Gasteiger charge is -2.17. The number of hydrogen-bond donors (Lipinski definition) is 1. The van der Waals surface area contributed by atoms with Crippen LogP contribution in [0.5, 0.6) is 5.75 Å². The molecule has 2 nitrogen and oxygen atoms in total. The predicted molar refractivity (Wildman–Crippen MR) is 69.1 cm³/mol. The Morgan fingerprint density at radius 1 is 1.18 bits per heavy atom. The molecule has 0 amide bonds. The first-order chi connectivity index (χ1) is 8.36. The molecular formula is C15H22O2. The summed E-state index contributed by atoms with van der Waals surface area (Å²) in [6.07, 6.45) is 6.70. The minimum atomic E-state index is -0.114. The molecule has 1 atom stereocenters. The number of aliphatic hydroxyl groups excluding tert-OH is 1. The molecule has 0 saturated heterocycles. The highest BCUT2D eigenvalue weighted by atomic mass is 16.5. The highest BCUT2D eigenvalue weighted by Gasteiger charge is 2.22. The van der Waals surface area contributed by atoms with E-state index in [1.807, 2.05) is 30.3 Å². The average Bonchev–Trinajstić information content (AvgIpc) is 2.89. The molecular weight excluding hydrogens is 212 g/mol. The molecule has 0 spiro atoms. The maximum atomic E-state index is 9.99. The van der Waals surface area contributed by atoms with Crippen LogP contribution in [0.3, 0.4) is 0 Å². The quantitative estimate of drug-likeness (QED) is 0.764. The predicted octanol–water partition coefficient (Wildman–Crippen LogP) is 3.40. The molecule has 0 radical (unpaired) electrons. The van der Waals surface area contributed by atoms with Gasteiger partial charge in [-0.25, -0.2) is 0 Å². The third-order valence-corrected chi connectivity index (χ3v) is 3.60. The van der Waals surface area contributed by atoms with Crippen molar-refractivity contribution < 1.29 is 9.84 Å². The van der Waals surface area contributed by atoms with Crippen LogP contribution in [0.4, 0.5) is 0 Å². The summed E-state index contributed by atoms with van der Waals surface area (Å²) in [5.74, 6) is 1.47. The van der Waals surface area contributed by atoms with Crippen LogP contribution in [0.2, 0.25) is 0 Å². The van der Waals surface area contributed by atoms with E-state index in [0.717, 1.165) is 18.6 Å². The van der Waals surface area contributed by atoms with Crippen molar-refractivity contribution in [3.05, 3.63) is 30.3 Å². The number of ether oxygens (including phenoxy) is 1. The second kappa shape index (κ2) is 6.65. The lowest BCUT2D eigenvalue weighted by atomic mass is 9.97. The van der Waals surface area contributed by atoms with Crippen molar-refractivity contribution in [3.63, 3.8) is 0 Å². The van der Waals surface area contributed by atoms with Gasteiger partial charge in [0.15, 0.2) is 0 Å². The van der Waals surface area contributed by atoms with Gasteiger partial charge in [0.25, 0.3) is 0 Å². The molecule has 1 aromatic carbocycles. The third-order valence-electron chi connectivity index (χ3n) is 3.60. The number of benzene rings is 1. The fraction of sp³-hybridized carbons (Fsp3) is 0.600. The number of rotatable bonds is 6. The number of aliphatic hydroxyl groups is 1. The van der Waals surface area contributed by atoms with Gasteiger partial charge in [0, 0.05) is 0 Å². The van der Waals surface area contributed by atoms with Crippen molar-refractivity contribution in [1.82, 2.24) is 0 Å². The van der Waals surface area contributed by atoms with Crippen LogP contribution in [0.1, 0.15) is 38.5 Å². The molecule has 1 fully saturated rings. The maximum Gasteiger partial charge on any atom is 0.119 e. The molecule has 2 rings (SSSR count). The van der Waals surface area contributed by atoms with Gasteiger partial charge in [-0.1, -0.05) is 31.0 Å². The van der Waals surface area contributed by atoms with E-state index in [4.69, 9.17) is 4.74 Å². The van der Waals surface area contributed by atoms with E-state index in [2.05, 4.69) is 0 Å². The lowest BCUT2D eigenvalue weighted by Crippen LogP contribution is -2.18. The van der Waals surface area contributed by atoms with E-state index >= 15 is 0 Å². The van der Waals surface area contributed by atoms with Crippen molar-refractivity contribution >= 4 is 0 Å². The third kappa shape index (κ3) is 4.04. The van der Waals surface area contributed by atoms with Crippen molar-refractivity contribution in [2.45, 2.75) is 44.6 Å². The van der Waals surface area contributed by atoms with E-state index < -0.39 is 0 Å². The zero-order chi connectivity index (χ0) is 11.9. The Labute approximate surface area is 104 Å². The van der Waals surface area contributed by atoms with Gasteiger partial charge in [-0.05, 0) is 43.7 Å². The summed E-state index contributed by atoms with van der Waals surface area (Å²) >= 11 is 0. The van der Waals surface area contributed by atoms with Crippen LogP contribution in [0, 0.1) is 5.92 Å². The van der Waals surface area contributed by atoms with Gasteiger partial charge >= 0.3 is 0 Å². The molecule has 1 aromatic rings. The van der Waals surface area contributed by atoms with Crippen molar-refractivity contribution in [3.8, 4) is 5.75 Å². The summed E-state index contributed by atoms with van der Waals surface area (Å²) in [5, 5.41) is 9.99. The van der Waals surface area contributed by atoms with Crippen LogP contribution < -0.4 is 4.74 Å². The molecule has 94 valence electrons. The van der Waals surface area contributed by atoms with E-state index in [9.17, 15) is 5.11 Å². The highest BCUT2D eigenvalue weighted by molar-refractivity contribution is 5.20. The molecule has 17 heavy (non-hydrogen) atoms. The minimum absolute atomic E-state index is 0.114. The van der Waals surface area contributed by atoms with Crippen LogP contribution in [0.25, 0.3) is 0 Å². The minimum Gasteiger partial charge on any atom is -0.494 e. The van der Waals surface area contributed by atoms with Gasteiger partial charge in [0.05, 0.1) is 12.7 Å². The zero-order valence-electron chi connectivity index (χ0n) is 10.3. The molecule has 0 aromatic heterocycles. The molecule has 1 aliphatic carbocycles. The summed E-state index contributed by atoms with van der Waals surface area (Å²) < 4.78 is 5.61. The summed E-state index contributed by atoms with van der Waals surface area (Å²) in [6.45, 7) is 0.702. The first-order valence-electron chi connectivity index (χ1n) is 6.72. The van der Waals surface area contributed by atoms with Crippen LogP contribution in [0.15, 0.2) is 30.3 Å². The first-order valence-corrected chi connectivity index (χ1v) is 6.72. The highest BCUT2D eigenvalue weighted by Crippen LogP contribution is 2.29. The molecule has 1 saturated carbocycles. The smallest absolute Gasteiger partial charge is 0.119 e. The van der Waals surface area contributed by atoms with Crippen molar-refractivity contribution in [1.29, 1.82) is 0 Å². The van der Waals surface area contributed by atoms with E-state index in [-0.39, 0.29) is 6.10 Å². The van der Waals surface area contributed by atoms with Crippen LogP contribution in [-0.4, -0.2) is 17.8 Å². The van der Waals surface area contributed by atoms with Gasteiger partial charge in [0.2, 0.25) is 0 Å². The topological polar surface area (TPSA) is 29.5 Å². The normalized spacial score (nSPS) is 18.2. The van der Waals surface area contributed by atoms with Gasteiger partial charge in [0.1, 0.15) is 5.75 Å². The second-order valence-electron chi connectivity index (χ2n) is 4.92. The van der Waals surface area contributed by atoms with Gasteiger partial charge in [-0.2, -0.15) is 0 Å². The number of para-hydroxylation sites is 1. The SMILES string of the molecule is OC(CCCOc1ccccc1)C1CCCC1. The van der Waals surface area contributed by atoms with Crippen molar-refractivity contribution in [2.24, 2.45) is 5.92 Å². The fourth-order valence-electron chi connectivity index (χ4n) is 2.58. The summed E-state index contributed by atoms with van der Waals surface area (Å²) in [5.41, 5.74) is 0. The monoisotopic (exact) mass is 234 g/mol. The first kappa shape index (κ1) is 12.4. The van der Waals surface area contributed by atoms with Crippen LogP contribution in [-0.2, 0) is 0 Å². The Hall–Kier alpha value is -1.02. The Morgan fingerprint density at radius 3 is 2.59 bits per heavy atom. The molecule has 2 heteroatoms. The molecule has 1 aliphatic rings.